The average molecular weight is 173 g/mol. The minimum atomic E-state index is 0.0405. The van der Waals surface area contributed by atoms with Gasteiger partial charge in [0.15, 0.2) is 0 Å². The van der Waals surface area contributed by atoms with E-state index in [0.717, 1.165) is 16.6 Å². The average Bonchev–Trinajstić information content (AvgIpc) is 2.07. The van der Waals surface area contributed by atoms with Crippen LogP contribution >= 0.6 is 0 Å². The third kappa shape index (κ3) is 1.24. The summed E-state index contributed by atoms with van der Waals surface area (Å²) in [4.78, 5) is 11.5. The zero-order valence-corrected chi connectivity index (χ0v) is 7.74. The number of pyridine rings is 2. The van der Waals surface area contributed by atoms with E-state index in [1.165, 1.54) is 0 Å². The molecule has 2 heterocycles. The van der Waals surface area contributed by atoms with Crippen LogP contribution in [-0.4, -0.2) is 4.40 Å². The van der Waals surface area contributed by atoms with E-state index in [1.54, 1.807) is 16.7 Å². The molecular weight excluding hydrogens is 162 g/mol. The molecule has 2 rings (SSSR count). The molecule has 0 aliphatic rings. The predicted octanol–water partition coefficient (Wildman–Crippen LogP) is 1.92. The van der Waals surface area contributed by atoms with Crippen molar-refractivity contribution < 1.29 is 0 Å². The van der Waals surface area contributed by atoms with Crippen molar-refractivity contribution in [3.05, 3.63) is 51.9 Å². The van der Waals surface area contributed by atoms with Crippen molar-refractivity contribution in [1.82, 2.24) is 4.40 Å². The van der Waals surface area contributed by atoms with Gasteiger partial charge >= 0.3 is 0 Å². The molecule has 0 radical (unpaired) electrons. The minimum Gasteiger partial charge on any atom is -0.284 e. The van der Waals surface area contributed by atoms with Crippen molar-refractivity contribution in [2.45, 2.75) is 13.8 Å². The fourth-order valence-electron chi connectivity index (χ4n) is 1.53. The summed E-state index contributed by atoms with van der Waals surface area (Å²) >= 11 is 0. The summed E-state index contributed by atoms with van der Waals surface area (Å²) in [6.07, 6.45) is 1.80. The Morgan fingerprint density at radius 2 is 2.00 bits per heavy atom. The number of hydrogen-bond acceptors (Lipinski definition) is 1. The van der Waals surface area contributed by atoms with Crippen LogP contribution in [0.3, 0.4) is 0 Å². The van der Waals surface area contributed by atoms with Gasteiger partial charge in [0, 0.05) is 12.3 Å². The summed E-state index contributed by atoms with van der Waals surface area (Å²) in [6, 6.07) is 7.57. The van der Waals surface area contributed by atoms with Crippen molar-refractivity contribution in [2.75, 3.05) is 0 Å². The van der Waals surface area contributed by atoms with E-state index in [9.17, 15) is 4.79 Å². The second-order valence-electron chi connectivity index (χ2n) is 3.32. The highest BCUT2D eigenvalue weighted by Crippen LogP contribution is 2.08. The molecule has 0 fully saturated rings. The lowest BCUT2D eigenvalue weighted by Gasteiger charge is -2.03. The van der Waals surface area contributed by atoms with Crippen LogP contribution in [0, 0.1) is 13.8 Å². The lowest BCUT2D eigenvalue weighted by Crippen LogP contribution is -2.12. The molecule has 0 N–H and O–H groups in total. The quantitative estimate of drug-likeness (QED) is 0.596. The van der Waals surface area contributed by atoms with E-state index in [1.807, 2.05) is 32.0 Å². The van der Waals surface area contributed by atoms with Gasteiger partial charge in [0.25, 0.3) is 5.56 Å². The van der Waals surface area contributed by atoms with Crippen LogP contribution in [0.25, 0.3) is 5.52 Å². The first kappa shape index (κ1) is 8.05. The van der Waals surface area contributed by atoms with Crippen LogP contribution in [0.2, 0.25) is 0 Å². The molecule has 0 aliphatic heterocycles. The van der Waals surface area contributed by atoms with E-state index in [-0.39, 0.29) is 5.56 Å². The van der Waals surface area contributed by atoms with E-state index >= 15 is 0 Å². The van der Waals surface area contributed by atoms with Gasteiger partial charge in [0.2, 0.25) is 0 Å². The number of rotatable bonds is 0. The number of nitrogens with zero attached hydrogens (tertiary/aromatic N) is 1. The van der Waals surface area contributed by atoms with E-state index in [4.69, 9.17) is 0 Å². The monoisotopic (exact) mass is 173 g/mol. The van der Waals surface area contributed by atoms with Crippen LogP contribution in [0.5, 0.6) is 0 Å². The zero-order chi connectivity index (χ0) is 9.42. The Balaban J connectivity index is 3.03. The third-order valence-electron chi connectivity index (χ3n) is 2.20. The summed E-state index contributed by atoms with van der Waals surface area (Å²) in [6.45, 7) is 3.95. The van der Waals surface area contributed by atoms with Crippen LogP contribution < -0.4 is 5.56 Å². The summed E-state index contributed by atoms with van der Waals surface area (Å²) in [5, 5.41) is 0. The van der Waals surface area contributed by atoms with Crippen LogP contribution in [0.4, 0.5) is 0 Å². The standard InChI is InChI=1S/C11H11NO/c1-8-6-10-9(2)4-3-5-12(10)11(13)7-8/h3-7H,1-2H3. The van der Waals surface area contributed by atoms with Gasteiger partial charge in [-0.05, 0) is 37.1 Å². The smallest absolute Gasteiger partial charge is 0.255 e. The van der Waals surface area contributed by atoms with Gasteiger partial charge in [-0.25, -0.2) is 0 Å². The fourth-order valence-corrected chi connectivity index (χ4v) is 1.53. The van der Waals surface area contributed by atoms with Gasteiger partial charge in [-0.2, -0.15) is 0 Å². The summed E-state index contributed by atoms with van der Waals surface area (Å²) in [5.74, 6) is 0. The van der Waals surface area contributed by atoms with Crippen molar-refractivity contribution in [3.8, 4) is 0 Å². The molecule has 0 aliphatic carbocycles. The molecule has 0 amide bonds. The molecule has 13 heavy (non-hydrogen) atoms. The maximum Gasteiger partial charge on any atom is 0.255 e. The SMILES string of the molecule is Cc1cc(=O)n2cccc(C)c2c1. The van der Waals surface area contributed by atoms with Crippen molar-refractivity contribution in [3.63, 3.8) is 0 Å². The van der Waals surface area contributed by atoms with Crippen LogP contribution in [0.1, 0.15) is 11.1 Å². The first-order chi connectivity index (χ1) is 6.18. The normalized spacial score (nSPS) is 10.6. The Morgan fingerprint density at radius 3 is 2.77 bits per heavy atom. The van der Waals surface area contributed by atoms with E-state index in [2.05, 4.69) is 0 Å². The van der Waals surface area contributed by atoms with Crippen LogP contribution in [-0.2, 0) is 0 Å². The summed E-state index contributed by atoms with van der Waals surface area (Å²) in [7, 11) is 0. The third-order valence-corrected chi connectivity index (χ3v) is 2.20. The van der Waals surface area contributed by atoms with Gasteiger partial charge in [0.05, 0.1) is 5.52 Å². The summed E-state index contributed by atoms with van der Waals surface area (Å²) in [5.41, 5.74) is 3.17. The molecular formula is C11H11NO. The largest absolute Gasteiger partial charge is 0.284 e. The maximum absolute atomic E-state index is 11.5. The molecule has 2 nitrogen and oxygen atoms in total. The van der Waals surface area contributed by atoms with Gasteiger partial charge in [-0.15, -0.1) is 0 Å². The summed E-state index contributed by atoms with van der Waals surface area (Å²) < 4.78 is 1.67. The topological polar surface area (TPSA) is 21.5 Å². The Labute approximate surface area is 76.5 Å². The molecule has 0 saturated heterocycles. The molecule has 0 bridgehead atoms. The lowest BCUT2D eigenvalue weighted by molar-refractivity contribution is 1.07. The highest BCUT2D eigenvalue weighted by atomic mass is 16.1. The first-order valence-corrected chi connectivity index (χ1v) is 4.27. The molecule has 0 spiro atoms. The molecule has 0 unspecified atom stereocenters. The highest BCUT2D eigenvalue weighted by molar-refractivity contribution is 5.55. The Morgan fingerprint density at radius 1 is 1.23 bits per heavy atom. The van der Waals surface area contributed by atoms with E-state index < -0.39 is 0 Å². The molecule has 0 saturated carbocycles. The zero-order valence-electron chi connectivity index (χ0n) is 7.74. The number of fused-ring (bicyclic) bond motifs is 1. The van der Waals surface area contributed by atoms with Gasteiger partial charge in [-0.3, -0.25) is 9.20 Å². The predicted molar refractivity (Wildman–Crippen MR) is 53.1 cm³/mol. The van der Waals surface area contributed by atoms with E-state index in [0.29, 0.717) is 0 Å². The molecule has 0 atom stereocenters. The van der Waals surface area contributed by atoms with Crippen LogP contribution in [0.15, 0.2) is 35.3 Å². The maximum atomic E-state index is 11.5. The highest BCUT2D eigenvalue weighted by Gasteiger charge is 1.98. The molecule has 66 valence electrons. The van der Waals surface area contributed by atoms with Crippen molar-refractivity contribution in [2.24, 2.45) is 0 Å². The van der Waals surface area contributed by atoms with Gasteiger partial charge < -0.3 is 0 Å². The van der Waals surface area contributed by atoms with Crippen molar-refractivity contribution in [1.29, 1.82) is 0 Å². The van der Waals surface area contributed by atoms with Gasteiger partial charge in [0.1, 0.15) is 0 Å². The molecule has 2 heteroatoms. The Hall–Kier alpha value is -1.57. The molecule has 0 aromatic carbocycles. The Kier molecular flexibility index (Phi) is 1.69. The van der Waals surface area contributed by atoms with Gasteiger partial charge in [-0.1, -0.05) is 6.07 Å². The first-order valence-electron chi connectivity index (χ1n) is 4.27. The van der Waals surface area contributed by atoms with Crippen molar-refractivity contribution >= 4 is 5.52 Å². The Bertz CT molecular complexity index is 511. The number of aromatic nitrogens is 1. The second kappa shape index (κ2) is 2.73. The molecule has 2 aromatic rings. The minimum absolute atomic E-state index is 0.0405. The second-order valence-corrected chi connectivity index (χ2v) is 3.32. The fraction of sp³-hybridized carbons (Fsp3) is 0.182. The molecule has 2 aromatic heterocycles. The lowest BCUT2D eigenvalue weighted by atomic mass is 10.2. The number of hydrogen-bond donors (Lipinski definition) is 0. The number of aryl methyl sites for hydroxylation is 2.